The van der Waals surface area contributed by atoms with Crippen molar-refractivity contribution in [2.75, 3.05) is 0 Å². The van der Waals surface area contributed by atoms with Gasteiger partial charge in [-0.2, -0.15) is 0 Å². The van der Waals surface area contributed by atoms with Crippen molar-refractivity contribution in [3.8, 4) is 0 Å². The summed E-state index contributed by atoms with van der Waals surface area (Å²) >= 11 is 0. The van der Waals surface area contributed by atoms with Gasteiger partial charge in [-0.15, -0.1) is 26.3 Å². The zero-order valence-electron chi connectivity index (χ0n) is 3.33. The van der Waals surface area contributed by atoms with Crippen molar-refractivity contribution in [1.82, 2.24) is 0 Å². The van der Waals surface area contributed by atoms with E-state index in [0.717, 1.165) is 0 Å². The lowest BCUT2D eigenvalue weighted by molar-refractivity contribution is 2.81. The highest BCUT2D eigenvalue weighted by molar-refractivity contribution is 5.75. The lowest BCUT2D eigenvalue weighted by Crippen LogP contribution is -0.552. The molecule has 0 heterocycles. The van der Waals surface area contributed by atoms with Gasteiger partial charge in [-0.25, -0.2) is 0 Å². The van der Waals surface area contributed by atoms with Gasteiger partial charge in [0.05, 0.1) is 0 Å². The third-order valence-corrected chi connectivity index (χ3v) is 0. The van der Waals surface area contributed by atoms with Crippen LogP contribution in [0.15, 0.2) is 26.3 Å². The van der Waals surface area contributed by atoms with Gasteiger partial charge in [-0.05, 0) is 0 Å². The van der Waals surface area contributed by atoms with Crippen LogP contribution >= 0.6 is 0 Å². The van der Waals surface area contributed by atoms with Crippen molar-refractivity contribution < 1.29 is 0 Å². The Morgan fingerprint density at radius 2 is 0.600 bits per heavy atom. The minimum atomic E-state index is 0. The zero-order valence-corrected chi connectivity index (χ0v) is 4.33. The molecule has 0 atom stereocenters. The van der Waals surface area contributed by atoms with Crippen LogP contribution in [0.5, 0.6) is 0 Å². The zero-order chi connectivity index (χ0) is 4.00. The average molecular weight is 84.2 g/mol. The largest absolute Gasteiger partial charge is 0.106 e. The number of rotatable bonds is 0. The first-order valence-electron chi connectivity index (χ1n) is 1.000. The molecule has 5 heavy (non-hydrogen) atoms. The Balaban J connectivity index is -0.0000000133. The van der Waals surface area contributed by atoms with Crippen molar-refractivity contribution in [2.45, 2.75) is 0 Å². The molecule has 0 saturated heterocycles. The standard InChI is InChI=1S/2C2H4.Si/c2*1-2;/h2*1-2H2;. The average Bonchev–Trinajstić information content (AvgIpc) is 1.50. The van der Waals surface area contributed by atoms with E-state index < -0.39 is 0 Å². The second kappa shape index (κ2) is 293. The summed E-state index contributed by atoms with van der Waals surface area (Å²) in [5, 5.41) is 0. The fraction of sp³-hybridized carbons (Fsp3) is 0. The molecular formula is C4H8Si. The van der Waals surface area contributed by atoms with Crippen LogP contribution in [0, 0.1) is 0 Å². The monoisotopic (exact) mass is 84.0 g/mol. The molecule has 0 aliphatic heterocycles. The summed E-state index contributed by atoms with van der Waals surface area (Å²) in [6.45, 7) is 12.0. The summed E-state index contributed by atoms with van der Waals surface area (Å²) in [5.41, 5.74) is 0. The van der Waals surface area contributed by atoms with Gasteiger partial charge in [0.15, 0.2) is 0 Å². The van der Waals surface area contributed by atoms with Crippen molar-refractivity contribution in [3.63, 3.8) is 0 Å². The maximum Gasteiger partial charge on any atom is 0 e. The van der Waals surface area contributed by atoms with E-state index in [2.05, 4.69) is 26.3 Å². The van der Waals surface area contributed by atoms with Gasteiger partial charge in [-0.3, -0.25) is 0 Å². The molecule has 0 unspecified atom stereocenters. The molecule has 0 aromatic carbocycles. The Bertz CT molecular complexity index is 5.61. The van der Waals surface area contributed by atoms with Crippen LogP contribution in [-0.4, -0.2) is 11.0 Å². The van der Waals surface area contributed by atoms with E-state index in [-0.39, 0.29) is 11.0 Å². The normalized spacial score (nSPS) is 1.60. The van der Waals surface area contributed by atoms with E-state index >= 15 is 0 Å². The van der Waals surface area contributed by atoms with Gasteiger partial charge in [0, 0.05) is 11.0 Å². The highest BCUT2D eigenvalue weighted by atomic mass is 28.1. The lowest BCUT2D eigenvalue weighted by atomic mass is 11.3. The molecule has 0 aromatic rings. The van der Waals surface area contributed by atoms with E-state index in [9.17, 15) is 0 Å². The Kier molecular flexibility index (Phi) is 1300. The predicted molar refractivity (Wildman–Crippen MR) is 28.3 cm³/mol. The summed E-state index contributed by atoms with van der Waals surface area (Å²) in [6, 6.07) is 0. The SMILES string of the molecule is C=C.C=C.[Si]. The molecule has 0 fully saturated rings. The van der Waals surface area contributed by atoms with Crippen molar-refractivity contribution in [2.24, 2.45) is 0 Å². The van der Waals surface area contributed by atoms with Crippen LogP contribution in [0.3, 0.4) is 0 Å². The number of hydrogen-bond acceptors (Lipinski definition) is 0. The first-order valence-corrected chi connectivity index (χ1v) is 1.000. The Labute approximate surface area is 38.2 Å². The van der Waals surface area contributed by atoms with E-state index in [0.29, 0.717) is 0 Å². The molecule has 0 rings (SSSR count). The summed E-state index contributed by atoms with van der Waals surface area (Å²) < 4.78 is 0. The highest BCUT2D eigenvalue weighted by Gasteiger charge is 0.603. The van der Waals surface area contributed by atoms with Gasteiger partial charge in [-0.1, -0.05) is 0 Å². The summed E-state index contributed by atoms with van der Waals surface area (Å²) in [4.78, 5) is 0. The van der Waals surface area contributed by atoms with Gasteiger partial charge < -0.3 is 0 Å². The maximum atomic E-state index is 3.00. The van der Waals surface area contributed by atoms with Gasteiger partial charge in [0.25, 0.3) is 0 Å². The number of hydrogen-bond donors (Lipinski definition) is 0. The lowest BCUT2D eigenvalue weighted by Gasteiger charge is -0.813. The molecule has 0 N–H and O–H groups in total. The third kappa shape index (κ3) is 116. The van der Waals surface area contributed by atoms with E-state index in [1.807, 2.05) is 0 Å². The summed E-state index contributed by atoms with van der Waals surface area (Å²) in [7, 11) is 0. The molecular weight excluding hydrogens is 76.1 g/mol. The summed E-state index contributed by atoms with van der Waals surface area (Å²) in [5.74, 6) is 0. The van der Waals surface area contributed by atoms with E-state index in [4.69, 9.17) is 0 Å². The molecule has 0 amide bonds. The van der Waals surface area contributed by atoms with Crippen LogP contribution in [0.25, 0.3) is 0 Å². The Hall–Kier alpha value is -0.303. The Morgan fingerprint density at radius 3 is 0.600 bits per heavy atom. The highest BCUT2D eigenvalue weighted by Crippen LogP contribution is 0.864. The van der Waals surface area contributed by atoms with Crippen molar-refractivity contribution >= 4 is 11.0 Å². The summed E-state index contributed by atoms with van der Waals surface area (Å²) in [6.07, 6.45) is 0. The van der Waals surface area contributed by atoms with Crippen LogP contribution in [0.2, 0.25) is 0 Å². The first-order chi connectivity index (χ1) is 2.00. The molecule has 0 aliphatic rings. The molecule has 4 radical (unpaired) electrons. The fourth-order valence-corrected chi connectivity index (χ4v) is 0. The topological polar surface area (TPSA) is 0 Å². The molecule has 0 bridgehead atoms. The Morgan fingerprint density at radius 1 is 0.600 bits per heavy atom. The van der Waals surface area contributed by atoms with Gasteiger partial charge >= 0.3 is 0 Å². The van der Waals surface area contributed by atoms with Crippen LogP contribution in [0.1, 0.15) is 0 Å². The van der Waals surface area contributed by atoms with E-state index in [1.54, 1.807) is 0 Å². The molecule has 0 aromatic heterocycles. The smallest absolute Gasteiger partial charge is 0 e. The second-order valence-corrected chi connectivity index (χ2v) is 0. The molecule has 0 saturated carbocycles. The molecule has 0 aliphatic carbocycles. The minimum Gasteiger partial charge on any atom is -0.106 e. The van der Waals surface area contributed by atoms with Crippen molar-refractivity contribution in [3.05, 3.63) is 26.3 Å². The van der Waals surface area contributed by atoms with Gasteiger partial charge in [0.1, 0.15) is 0 Å². The fourth-order valence-electron chi connectivity index (χ4n) is 0. The molecule has 28 valence electrons. The van der Waals surface area contributed by atoms with Gasteiger partial charge in [0.2, 0.25) is 0 Å². The van der Waals surface area contributed by atoms with E-state index in [1.165, 1.54) is 0 Å². The van der Waals surface area contributed by atoms with Crippen LogP contribution in [0.4, 0.5) is 0 Å². The second-order valence-electron chi connectivity index (χ2n) is 0. The third-order valence-electron chi connectivity index (χ3n) is 0. The molecule has 0 nitrogen and oxygen atoms in total. The minimum absolute atomic E-state index is 0. The van der Waals surface area contributed by atoms with Crippen molar-refractivity contribution in [1.29, 1.82) is 0 Å². The van der Waals surface area contributed by atoms with Crippen LogP contribution < -0.4 is 0 Å². The van der Waals surface area contributed by atoms with Crippen LogP contribution in [-0.2, 0) is 0 Å². The molecule has 0 spiro atoms. The molecule has 1 heteroatoms. The predicted octanol–water partition coefficient (Wildman–Crippen LogP) is 1.22. The first kappa shape index (κ1) is 22.3. The maximum absolute atomic E-state index is 3.00. The quantitative estimate of drug-likeness (QED) is 0.306.